The van der Waals surface area contributed by atoms with Crippen LogP contribution < -0.4 is 5.32 Å². The molecule has 1 N–H and O–H groups in total. The van der Waals surface area contributed by atoms with Crippen molar-refractivity contribution in [1.29, 1.82) is 0 Å². The van der Waals surface area contributed by atoms with E-state index in [-0.39, 0.29) is 11.7 Å². The molecule has 0 atom stereocenters. The standard InChI is InChI=1S/C20H17BrN4O2/c1-3-13-4-6-14(7-5-13)25-23-16-10-12(2)15(11-17(16)24-25)22-20(26)18-8-9-19(21)27-18/h4-11H,3H2,1-2H3,(H,22,26). The molecule has 0 aliphatic carbocycles. The van der Waals surface area contributed by atoms with Gasteiger partial charge in [-0.3, -0.25) is 4.79 Å². The second-order valence-corrected chi connectivity index (χ2v) is 7.00. The molecule has 6 nitrogen and oxygen atoms in total. The van der Waals surface area contributed by atoms with E-state index < -0.39 is 0 Å². The second kappa shape index (κ2) is 7.00. The highest BCUT2D eigenvalue weighted by atomic mass is 79.9. The number of hydrogen-bond acceptors (Lipinski definition) is 4. The van der Waals surface area contributed by atoms with E-state index in [1.807, 2.05) is 31.2 Å². The lowest BCUT2D eigenvalue weighted by atomic mass is 10.1. The van der Waals surface area contributed by atoms with E-state index >= 15 is 0 Å². The number of benzene rings is 2. The SMILES string of the molecule is CCc1ccc(-n2nc3cc(C)c(NC(=O)c4ccc(Br)o4)cc3n2)cc1. The molecule has 0 aliphatic heterocycles. The van der Waals surface area contributed by atoms with Crippen molar-refractivity contribution in [2.75, 3.05) is 5.32 Å². The maximum absolute atomic E-state index is 12.3. The maximum atomic E-state index is 12.3. The first-order chi connectivity index (χ1) is 13.0. The number of hydrogen-bond donors (Lipinski definition) is 1. The molecule has 4 aromatic rings. The van der Waals surface area contributed by atoms with Crippen LogP contribution in [-0.4, -0.2) is 20.9 Å². The first-order valence-corrected chi connectivity index (χ1v) is 9.36. The van der Waals surface area contributed by atoms with Crippen molar-refractivity contribution in [3.8, 4) is 5.69 Å². The molecule has 0 fully saturated rings. The fourth-order valence-electron chi connectivity index (χ4n) is 2.80. The van der Waals surface area contributed by atoms with Crippen LogP contribution >= 0.6 is 15.9 Å². The lowest BCUT2D eigenvalue weighted by molar-refractivity contribution is 0.0995. The first-order valence-electron chi connectivity index (χ1n) is 8.57. The Morgan fingerprint density at radius 2 is 1.81 bits per heavy atom. The van der Waals surface area contributed by atoms with Crippen molar-refractivity contribution in [3.63, 3.8) is 0 Å². The number of aromatic nitrogens is 3. The summed E-state index contributed by atoms with van der Waals surface area (Å²) < 4.78 is 5.81. The summed E-state index contributed by atoms with van der Waals surface area (Å²) in [6, 6.07) is 15.2. The number of amides is 1. The number of carbonyl (C=O) groups excluding carboxylic acids is 1. The summed E-state index contributed by atoms with van der Waals surface area (Å²) in [5, 5.41) is 12.0. The summed E-state index contributed by atoms with van der Waals surface area (Å²) in [7, 11) is 0. The Bertz CT molecular complexity index is 1130. The van der Waals surface area contributed by atoms with E-state index in [1.54, 1.807) is 16.9 Å². The number of anilines is 1. The molecule has 0 saturated heterocycles. The van der Waals surface area contributed by atoms with E-state index in [0.717, 1.165) is 23.2 Å². The van der Waals surface area contributed by atoms with Crippen LogP contribution in [0.3, 0.4) is 0 Å². The first kappa shape index (κ1) is 17.5. The van der Waals surface area contributed by atoms with Crippen LogP contribution in [-0.2, 0) is 6.42 Å². The highest BCUT2D eigenvalue weighted by Crippen LogP contribution is 2.23. The third kappa shape index (κ3) is 3.50. The number of nitrogens with one attached hydrogen (secondary N) is 1. The summed E-state index contributed by atoms with van der Waals surface area (Å²) in [4.78, 5) is 13.9. The van der Waals surface area contributed by atoms with Crippen LogP contribution in [0.4, 0.5) is 5.69 Å². The molecule has 7 heteroatoms. The molecule has 1 amide bonds. The summed E-state index contributed by atoms with van der Waals surface area (Å²) in [5.41, 5.74) is 5.21. The van der Waals surface area contributed by atoms with Gasteiger partial charge < -0.3 is 9.73 Å². The number of fused-ring (bicyclic) bond motifs is 1. The van der Waals surface area contributed by atoms with Gasteiger partial charge in [0.25, 0.3) is 5.91 Å². The zero-order chi connectivity index (χ0) is 19.0. The van der Waals surface area contributed by atoms with Crippen molar-refractivity contribution < 1.29 is 9.21 Å². The van der Waals surface area contributed by atoms with E-state index in [2.05, 4.69) is 50.5 Å². The Labute approximate surface area is 164 Å². The summed E-state index contributed by atoms with van der Waals surface area (Å²) in [5.74, 6) is -0.0771. The smallest absolute Gasteiger partial charge is 0.291 e. The number of aryl methyl sites for hydroxylation is 2. The van der Waals surface area contributed by atoms with E-state index in [4.69, 9.17) is 4.42 Å². The van der Waals surface area contributed by atoms with Gasteiger partial charge in [0.05, 0.1) is 5.69 Å². The zero-order valence-electron chi connectivity index (χ0n) is 14.9. The molecule has 136 valence electrons. The second-order valence-electron chi connectivity index (χ2n) is 6.22. The van der Waals surface area contributed by atoms with Gasteiger partial charge in [-0.15, -0.1) is 10.2 Å². The Hall–Kier alpha value is -2.93. The lowest BCUT2D eigenvalue weighted by Gasteiger charge is -2.06. The monoisotopic (exact) mass is 424 g/mol. The molecule has 0 radical (unpaired) electrons. The number of rotatable bonds is 4. The van der Waals surface area contributed by atoms with Crippen LogP contribution in [0.25, 0.3) is 16.7 Å². The van der Waals surface area contributed by atoms with Gasteiger partial charge in [0.15, 0.2) is 10.4 Å². The van der Waals surface area contributed by atoms with Gasteiger partial charge in [-0.05, 0) is 76.8 Å². The largest absolute Gasteiger partial charge is 0.444 e. The van der Waals surface area contributed by atoms with Gasteiger partial charge in [-0.1, -0.05) is 19.1 Å². The molecule has 0 saturated carbocycles. The number of carbonyl (C=O) groups is 1. The van der Waals surface area contributed by atoms with Crippen molar-refractivity contribution >= 4 is 38.6 Å². The lowest BCUT2D eigenvalue weighted by Crippen LogP contribution is -2.11. The van der Waals surface area contributed by atoms with Crippen LogP contribution in [0.5, 0.6) is 0 Å². The molecule has 27 heavy (non-hydrogen) atoms. The molecule has 2 aromatic carbocycles. The zero-order valence-corrected chi connectivity index (χ0v) is 16.4. The Balaban J connectivity index is 1.65. The van der Waals surface area contributed by atoms with Crippen LogP contribution in [0, 0.1) is 6.92 Å². The Morgan fingerprint density at radius 3 is 2.44 bits per heavy atom. The molecule has 0 unspecified atom stereocenters. The van der Waals surface area contributed by atoms with E-state index in [0.29, 0.717) is 15.9 Å². The maximum Gasteiger partial charge on any atom is 0.291 e. The average Bonchev–Trinajstić information content (AvgIpc) is 3.28. The predicted octanol–water partition coefficient (Wildman–Crippen LogP) is 4.90. The number of halogens is 1. The summed E-state index contributed by atoms with van der Waals surface area (Å²) >= 11 is 3.20. The molecule has 0 bridgehead atoms. The summed E-state index contributed by atoms with van der Waals surface area (Å²) in [6.45, 7) is 4.04. The average molecular weight is 425 g/mol. The molecule has 0 spiro atoms. The fourth-order valence-corrected chi connectivity index (χ4v) is 3.11. The van der Waals surface area contributed by atoms with Gasteiger partial charge in [0, 0.05) is 5.69 Å². The van der Waals surface area contributed by atoms with E-state index in [1.165, 1.54) is 5.56 Å². The minimum atomic E-state index is -0.314. The predicted molar refractivity (Wildman–Crippen MR) is 107 cm³/mol. The molecular formula is C20H17BrN4O2. The summed E-state index contributed by atoms with van der Waals surface area (Å²) in [6.07, 6.45) is 0.989. The fraction of sp³-hybridized carbons (Fsp3) is 0.150. The molecule has 2 heterocycles. The van der Waals surface area contributed by atoms with Crippen LogP contribution in [0.15, 0.2) is 57.6 Å². The van der Waals surface area contributed by atoms with Crippen LogP contribution in [0.2, 0.25) is 0 Å². The molecular weight excluding hydrogens is 408 g/mol. The van der Waals surface area contributed by atoms with Crippen molar-refractivity contribution in [2.24, 2.45) is 0 Å². The minimum absolute atomic E-state index is 0.237. The van der Waals surface area contributed by atoms with Gasteiger partial charge >= 0.3 is 0 Å². The quantitative estimate of drug-likeness (QED) is 0.505. The topological polar surface area (TPSA) is 73.0 Å². The normalized spacial score (nSPS) is 11.1. The molecule has 0 aliphatic rings. The Kier molecular flexibility index (Phi) is 4.53. The minimum Gasteiger partial charge on any atom is -0.444 e. The van der Waals surface area contributed by atoms with Crippen molar-refractivity contribution in [2.45, 2.75) is 20.3 Å². The van der Waals surface area contributed by atoms with Gasteiger partial charge in [0.1, 0.15) is 11.0 Å². The third-order valence-corrected chi connectivity index (χ3v) is 4.77. The van der Waals surface area contributed by atoms with Crippen LogP contribution in [0.1, 0.15) is 28.6 Å². The van der Waals surface area contributed by atoms with Gasteiger partial charge in [0.2, 0.25) is 0 Å². The number of furan rings is 1. The Morgan fingerprint density at radius 1 is 1.11 bits per heavy atom. The van der Waals surface area contributed by atoms with Gasteiger partial charge in [-0.25, -0.2) is 0 Å². The number of nitrogens with zero attached hydrogens (tertiary/aromatic N) is 3. The van der Waals surface area contributed by atoms with Crippen molar-refractivity contribution in [3.05, 3.63) is 70.1 Å². The highest BCUT2D eigenvalue weighted by molar-refractivity contribution is 9.10. The molecule has 4 rings (SSSR count). The van der Waals surface area contributed by atoms with E-state index in [9.17, 15) is 4.79 Å². The third-order valence-electron chi connectivity index (χ3n) is 4.35. The highest BCUT2D eigenvalue weighted by Gasteiger charge is 2.14. The molecule has 2 aromatic heterocycles. The van der Waals surface area contributed by atoms with Gasteiger partial charge in [-0.2, -0.15) is 4.80 Å². The van der Waals surface area contributed by atoms with Crippen molar-refractivity contribution in [1.82, 2.24) is 15.0 Å².